The van der Waals surface area contributed by atoms with E-state index in [0.29, 0.717) is 44.7 Å². The number of aromatic nitrogens is 2. The van der Waals surface area contributed by atoms with Crippen molar-refractivity contribution in [1.29, 1.82) is 0 Å². The van der Waals surface area contributed by atoms with Gasteiger partial charge in [0.05, 0.1) is 12.5 Å². The van der Waals surface area contributed by atoms with Crippen molar-refractivity contribution in [3.8, 4) is 0 Å². The summed E-state index contributed by atoms with van der Waals surface area (Å²) in [7, 11) is 0. The molecule has 1 amide bonds. The highest BCUT2D eigenvalue weighted by Gasteiger charge is 2.30. The Morgan fingerprint density at radius 3 is 2.65 bits per heavy atom. The molecule has 0 aromatic carbocycles. The lowest BCUT2D eigenvalue weighted by molar-refractivity contribution is -0.149. The molecule has 1 saturated heterocycles. The summed E-state index contributed by atoms with van der Waals surface area (Å²) in [5.41, 5.74) is 0.413. The molecule has 1 aliphatic rings. The van der Waals surface area contributed by atoms with E-state index < -0.39 is 0 Å². The minimum atomic E-state index is -0.323. The molecule has 0 atom stereocenters. The quantitative estimate of drug-likeness (QED) is 0.780. The summed E-state index contributed by atoms with van der Waals surface area (Å²) >= 11 is 0. The first kappa shape index (κ1) is 18.1. The third kappa shape index (κ3) is 3.34. The van der Waals surface area contributed by atoms with Crippen molar-refractivity contribution in [2.24, 2.45) is 5.92 Å². The van der Waals surface area contributed by atoms with Crippen LogP contribution >= 0.6 is 0 Å². The number of rotatable bonds is 4. The molecule has 1 aliphatic heterocycles. The monoisotopic (exact) mass is 357 g/mol. The minimum Gasteiger partial charge on any atom is -0.466 e. The lowest BCUT2D eigenvalue weighted by Crippen LogP contribution is -2.43. The first-order chi connectivity index (χ1) is 12.6. The third-order valence-corrected chi connectivity index (χ3v) is 4.80. The van der Waals surface area contributed by atoms with Crippen LogP contribution in [0.15, 0.2) is 29.2 Å². The molecule has 0 bridgehead atoms. The Morgan fingerprint density at radius 1 is 1.27 bits per heavy atom. The van der Waals surface area contributed by atoms with E-state index in [1.165, 1.54) is 4.57 Å². The van der Waals surface area contributed by atoms with Gasteiger partial charge in [-0.15, -0.1) is 0 Å². The molecule has 3 heterocycles. The van der Waals surface area contributed by atoms with Crippen LogP contribution in [0.5, 0.6) is 0 Å². The predicted molar refractivity (Wildman–Crippen MR) is 96.9 cm³/mol. The van der Waals surface area contributed by atoms with E-state index in [2.05, 4.69) is 4.98 Å². The number of carbonyl (C=O) groups is 2. The average molecular weight is 357 g/mol. The van der Waals surface area contributed by atoms with Gasteiger partial charge in [-0.2, -0.15) is 0 Å². The summed E-state index contributed by atoms with van der Waals surface area (Å²) < 4.78 is 6.58. The number of ether oxygens (including phenoxy) is 1. The second-order valence-electron chi connectivity index (χ2n) is 6.34. The van der Waals surface area contributed by atoms with E-state index in [0.717, 1.165) is 5.39 Å². The Morgan fingerprint density at radius 2 is 2.00 bits per heavy atom. The van der Waals surface area contributed by atoms with Gasteiger partial charge in [0.2, 0.25) is 0 Å². The summed E-state index contributed by atoms with van der Waals surface area (Å²) in [5.74, 6) is -0.665. The van der Waals surface area contributed by atoms with Crippen molar-refractivity contribution in [2.45, 2.75) is 33.2 Å². The average Bonchev–Trinajstić information content (AvgIpc) is 2.67. The Bertz CT molecular complexity index is 882. The van der Waals surface area contributed by atoms with Crippen LogP contribution in [0.2, 0.25) is 0 Å². The maximum Gasteiger partial charge on any atom is 0.309 e. The molecule has 0 radical (unpaired) electrons. The van der Waals surface area contributed by atoms with Crippen molar-refractivity contribution in [1.82, 2.24) is 14.5 Å². The highest BCUT2D eigenvalue weighted by atomic mass is 16.5. The first-order valence-corrected chi connectivity index (χ1v) is 9.01. The number of nitrogens with zero attached hydrogens (tertiary/aromatic N) is 3. The topological polar surface area (TPSA) is 81.5 Å². The van der Waals surface area contributed by atoms with Crippen molar-refractivity contribution in [3.63, 3.8) is 0 Å². The van der Waals surface area contributed by atoms with Gasteiger partial charge >= 0.3 is 5.97 Å². The van der Waals surface area contributed by atoms with Gasteiger partial charge in [-0.3, -0.25) is 19.0 Å². The number of likely N-dealkylation sites (tertiary alicyclic amines) is 1. The molecule has 0 spiro atoms. The first-order valence-electron chi connectivity index (χ1n) is 9.01. The number of fused-ring (bicyclic) bond motifs is 1. The Labute approximate surface area is 151 Å². The SMILES string of the molecule is CCOC(=O)C1CCN(C(=O)c2cc3cccnc3n(CC)c2=O)CC1. The maximum absolute atomic E-state index is 12.9. The van der Waals surface area contributed by atoms with Crippen molar-refractivity contribution in [3.05, 3.63) is 40.3 Å². The zero-order valence-electron chi connectivity index (χ0n) is 15.1. The number of hydrogen-bond donors (Lipinski definition) is 0. The van der Waals surface area contributed by atoms with Gasteiger partial charge in [-0.05, 0) is 44.9 Å². The molecule has 0 aliphatic carbocycles. The van der Waals surface area contributed by atoms with E-state index in [4.69, 9.17) is 4.74 Å². The molecule has 7 heteroatoms. The van der Waals surface area contributed by atoms with Gasteiger partial charge in [-0.25, -0.2) is 4.98 Å². The molecule has 0 saturated carbocycles. The number of carbonyl (C=O) groups excluding carboxylic acids is 2. The molecule has 26 heavy (non-hydrogen) atoms. The second-order valence-corrected chi connectivity index (χ2v) is 6.34. The number of hydrogen-bond acceptors (Lipinski definition) is 5. The van der Waals surface area contributed by atoms with Crippen LogP contribution in [0.3, 0.4) is 0 Å². The fourth-order valence-corrected chi connectivity index (χ4v) is 3.40. The molecule has 138 valence electrons. The van der Waals surface area contributed by atoms with Gasteiger partial charge in [-0.1, -0.05) is 0 Å². The standard InChI is InChI=1S/C19H23N3O4/c1-3-22-16-14(6-5-9-20-16)12-15(18(22)24)17(23)21-10-7-13(8-11-21)19(25)26-4-2/h5-6,9,12-13H,3-4,7-8,10-11H2,1-2H3. The van der Waals surface area contributed by atoms with Gasteiger partial charge in [0.1, 0.15) is 11.2 Å². The molecule has 2 aromatic heterocycles. The van der Waals surface area contributed by atoms with E-state index in [-0.39, 0.29) is 28.9 Å². The van der Waals surface area contributed by atoms with Crippen LogP contribution in [0.25, 0.3) is 11.0 Å². The zero-order valence-corrected chi connectivity index (χ0v) is 15.1. The van der Waals surface area contributed by atoms with Crippen molar-refractivity contribution < 1.29 is 14.3 Å². The van der Waals surface area contributed by atoms with Gasteiger partial charge < -0.3 is 9.64 Å². The molecule has 3 rings (SSSR count). The van der Waals surface area contributed by atoms with Crippen LogP contribution in [-0.4, -0.2) is 46.0 Å². The van der Waals surface area contributed by atoms with Gasteiger partial charge in [0.15, 0.2) is 0 Å². The summed E-state index contributed by atoms with van der Waals surface area (Å²) in [4.78, 5) is 43.4. The number of esters is 1. The number of aryl methyl sites for hydroxylation is 1. The highest BCUT2D eigenvalue weighted by molar-refractivity contribution is 5.97. The van der Waals surface area contributed by atoms with Gasteiger partial charge in [0.25, 0.3) is 11.5 Å². The molecule has 2 aromatic rings. The van der Waals surface area contributed by atoms with E-state index in [1.807, 2.05) is 13.0 Å². The number of piperidine rings is 1. The molecule has 0 N–H and O–H groups in total. The van der Waals surface area contributed by atoms with Crippen molar-refractivity contribution in [2.75, 3.05) is 19.7 Å². The van der Waals surface area contributed by atoms with Crippen molar-refractivity contribution >= 4 is 22.9 Å². The van der Waals surface area contributed by atoms with Crippen LogP contribution < -0.4 is 5.56 Å². The van der Waals surface area contributed by atoms with Gasteiger partial charge in [0, 0.05) is 31.2 Å². The molecular weight excluding hydrogens is 334 g/mol. The normalized spacial score (nSPS) is 15.2. The largest absolute Gasteiger partial charge is 0.466 e. The highest BCUT2D eigenvalue weighted by Crippen LogP contribution is 2.20. The maximum atomic E-state index is 12.9. The minimum absolute atomic E-state index is 0.155. The third-order valence-electron chi connectivity index (χ3n) is 4.80. The summed E-state index contributed by atoms with van der Waals surface area (Å²) in [6, 6.07) is 5.25. The van der Waals surface area contributed by atoms with E-state index in [9.17, 15) is 14.4 Å². The Balaban J connectivity index is 1.84. The lowest BCUT2D eigenvalue weighted by Gasteiger charge is -2.30. The van der Waals surface area contributed by atoms with Crippen LogP contribution in [0.4, 0.5) is 0 Å². The second kappa shape index (κ2) is 7.68. The molecule has 1 fully saturated rings. The fourth-order valence-electron chi connectivity index (χ4n) is 3.40. The lowest BCUT2D eigenvalue weighted by atomic mass is 9.96. The predicted octanol–water partition coefficient (Wildman–Crippen LogP) is 1.83. The Kier molecular flexibility index (Phi) is 5.35. The molecule has 7 nitrogen and oxygen atoms in total. The zero-order chi connectivity index (χ0) is 18.7. The van der Waals surface area contributed by atoms with Crippen LogP contribution in [0.1, 0.15) is 37.0 Å². The summed E-state index contributed by atoms with van der Waals surface area (Å²) in [5, 5.41) is 0.763. The summed E-state index contributed by atoms with van der Waals surface area (Å²) in [6.07, 6.45) is 2.75. The van der Waals surface area contributed by atoms with Crippen LogP contribution in [-0.2, 0) is 16.1 Å². The number of pyridine rings is 2. The van der Waals surface area contributed by atoms with E-state index >= 15 is 0 Å². The fraction of sp³-hybridized carbons (Fsp3) is 0.474. The number of amides is 1. The smallest absolute Gasteiger partial charge is 0.309 e. The van der Waals surface area contributed by atoms with E-state index in [1.54, 1.807) is 30.2 Å². The molecule has 0 unspecified atom stereocenters. The Hall–Kier alpha value is -2.70. The summed E-state index contributed by atoms with van der Waals surface area (Å²) in [6.45, 7) is 5.33. The molecular formula is C19H23N3O4. The van der Waals surface area contributed by atoms with Crippen LogP contribution in [0, 0.1) is 5.92 Å².